The highest BCUT2D eigenvalue weighted by molar-refractivity contribution is 8.18. The van der Waals surface area contributed by atoms with E-state index in [0.717, 1.165) is 16.7 Å². The van der Waals surface area contributed by atoms with E-state index in [1.807, 2.05) is 0 Å². The topological polar surface area (TPSA) is 99.0 Å². The average molecular weight is 400 g/mol. The molecule has 0 bridgehead atoms. The molecule has 0 aliphatic carbocycles. The van der Waals surface area contributed by atoms with Crippen molar-refractivity contribution in [1.29, 1.82) is 0 Å². The molecule has 2 aromatic rings. The lowest BCUT2D eigenvalue weighted by Gasteiger charge is -2.12. The van der Waals surface area contributed by atoms with Crippen molar-refractivity contribution in [3.05, 3.63) is 68.6 Å². The highest BCUT2D eigenvalue weighted by Crippen LogP contribution is 2.36. The van der Waals surface area contributed by atoms with Gasteiger partial charge < -0.3 is 9.47 Å². The molecule has 0 aromatic heterocycles. The highest BCUT2D eigenvalue weighted by Gasteiger charge is 2.35. The zero-order valence-corrected chi connectivity index (χ0v) is 15.9. The standard InChI is InChI=1S/C19H16N2O6S/c1-26-15-6-7-16(27-2)13(9-15)10-17-18(22)20(19(23)28-17)11-12-4-3-5-14(8-12)21(24)25/h3-10H,11H2,1-2H3/b17-10-. The van der Waals surface area contributed by atoms with Crippen molar-refractivity contribution in [3.63, 3.8) is 0 Å². The van der Waals surface area contributed by atoms with E-state index in [0.29, 0.717) is 22.6 Å². The molecule has 2 aromatic carbocycles. The first-order chi connectivity index (χ1) is 13.4. The minimum atomic E-state index is -0.522. The van der Waals surface area contributed by atoms with Gasteiger partial charge in [0, 0.05) is 17.7 Å². The van der Waals surface area contributed by atoms with Crippen LogP contribution in [0.15, 0.2) is 47.4 Å². The van der Waals surface area contributed by atoms with E-state index in [1.165, 1.54) is 32.4 Å². The van der Waals surface area contributed by atoms with Crippen LogP contribution in [0, 0.1) is 10.1 Å². The summed E-state index contributed by atoms with van der Waals surface area (Å²) in [5, 5.41) is 10.5. The molecular formula is C19H16N2O6S. The van der Waals surface area contributed by atoms with Crippen molar-refractivity contribution >= 4 is 34.7 Å². The van der Waals surface area contributed by atoms with Crippen LogP contribution in [0.5, 0.6) is 11.5 Å². The van der Waals surface area contributed by atoms with Gasteiger partial charge in [-0.05, 0) is 41.6 Å². The lowest BCUT2D eigenvalue weighted by molar-refractivity contribution is -0.384. The summed E-state index contributed by atoms with van der Waals surface area (Å²) >= 11 is 0.807. The van der Waals surface area contributed by atoms with Crippen LogP contribution in [0.1, 0.15) is 11.1 Å². The van der Waals surface area contributed by atoms with Gasteiger partial charge in [0.05, 0.1) is 30.6 Å². The molecule has 1 aliphatic heterocycles. The molecule has 0 atom stereocenters. The number of amides is 2. The highest BCUT2D eigenvalue weighted by atomic mass is 32.2. The first-order valence-corrected chi connectivity index (χ1v) is 8.95. The molecule has 8 nitrogen and oxygen atoms in total. The second kappa shape index (κ2) is 8.13. The van der Waals surface area contributed by atoms with Crippen LogP contribution >= 0.6 is 11.8 Å². The fourth-order valence-corrected chi connectivity index (χ4v) is 3.51. The Morgan fingerprint density at radius 3 is 2.61 bits per heavy atom. The van der Waals surface area contributed by atoms with E-state index in [4.69, 9.17) is 9.47 Å². The first-order valence-electron chi connectivity index (χ1n) is 8.13. The van der Waals surface area contributed by atoms with Gasteiger partial charge in [-0.25, -0.2) is 0 Å². The number of ether oxygens (including phenoxy) is 2. The number of hydrogen-bond donors (Lipinski definition) is 0. The summed E-state index contributed by atoms with van der Waals surface area (Å²) in [6.07, 6.45) is 1.57. The van der Waals surface area contributed by atoms with E-state index >= 15 is 0 Å². The van der Waals surface area contributed by atoms with Crippen molar-refractivity contribution in [2.24, 2.45) is 0 Å². The van der Waals surface area contributed by atoms with Crippen LogP contribution in [0.25, 0.3) is 6.08 Å². The molecule has 28 heavy (non-hydrogen) atoms. The number of nitro groups is 1. The number of carbonyl (C=O) groups excluding carboxylic acids is 2. The van der Waals surface area contributed by atoms with Crippen LogP contribution in [0.4, 0.5) is 10.5 Å². The van der Waals surface area contributed by atoms with E-state index in [1.54, 1.807) is 30.3 Å². The molecule has 0 spiro atoms. The summed E-state index contributed by atoms with van der Waals surface area (Å²) in [5.41, 5.74) is 1.00. The number of hydrogen-bond acceptors (Lipinski definition) is 7. The Morgan fingerprint density at radius 1 is 1.14 bits per heavy atom. The van der Waals surface area contributed by atoms with Crippen LogP contribution in [-0.4, -0.2) is 35.2 Å². The molecule has 0 saturated carbocycles. The van der Waals surface area contributed by atoms with E-state index in [-0.39, 0.29) is 17.1 Å². The van der Waals surface area contributed by atoms with Crippen molar-refractivity contribution in [2.75, 3.05) is 14.2 Å². The van der Waals surface area contributed by atoms with Crippen molar-refractivity contribution in [3.8, 4) is 11.5 Å². The zero-order valence-electron chi connectivity index (χ0n) is 15.1. The fourth-order valence-electron chi connectivity index (χ4n) is 2.68. The Labute approximate surface area is 164 Å². The lowest BCUT2D eigenvalue weighted by Crippen LogP contribution is -2.27. The predicted octanol–water partition coefficient (Wildman–Crippen LogP) is 3.85. The van der Waals surface area contributed by atoms with Crippen molar-refractivity contribution < 1.29 is 24.0 Å². The molecule has 9 heteroatoms. The number of nitro benzene ring substituents is 1. The Balaban J connectivity index is 1.87. The van der Waals surface area contributed by atoms with Crippen molar-refractivity contribution in [2.45, 2.75) is 6.54 Å². The maximum atomic E-state index is 12.7. The van der Waals surface area contributed by atoms with Gasteiger partial charge in [0.25, 0.3) is 16.8 Å². The maximum Gasteiger partial charge on any atom is 0.293 e. The summed E-state index contributed by atoms with van der Waals surface area (Å²) in [6.45, 7) is -0.0427. The van der Waals surface area contributed by atoms with Gasteiger partial charge >= 0.3 is 0 Å². The van der Waals surface area contributed by atoms with E-state index < -0.39 is 16.1 Å². The van der Waals surface area contributed by atoms with E-state index in [9.17, 15) is 19.7 Å². The Hall–Kier alpha value is -3.33. The number of carbonyl (C=O) groups is 2. The minimum Gasteiger partial charge on any atom is -0.497 e. The summed E-state index contributed by atoms with van der Waals surface area (Å²) in [4.78, 5) is 36.7. The molecule has 144 valence electrons. The number of benzene rings is 2. The summed E-state index contributed by atoms with van der Waals surface area (Å²) in [5.74, 6) is 0.653. The van der Waals surface area contributed by atoms with Gasteiger partial charge in [0.15, 0.2) is 0 Å². The third-order valence-corrected chi connectivity index (χ3v) is 4.97. The number of methoxy groups -OCH3 is 2. The number of thioether (sulfide) groups is 1. The van der Waals surface area contributed by atoms with E-state index in [2.05, 4.69) is 0 Å². The van der Waals surface area contributed by atoms with Crippen LogP contribution in [0.3, 0.4) is 0 Å². The van der Waals surface area contributed by atoms with Gasteiger partial charge in [0.2, 0.25) is 0 Å². The molecule has 1 heterocycles. The normalized spacial score (nSPS) is 15.2. The molecular weight excluding hydrogens is 384 g/mol. The first kappa shape index (κ1) is 19.4. The molecule has 3 rings (SSSR count). The molecule has 1 fully saturated rings. The summed E-state index contributed by atoms with van der Waals surface area (Å²) in [7, 11) is 3.03. The van der Waals surface area contributed by atoms with Crippen LogP contribution < -0.4 is 9.47 Å². The lowest BCUT2D eigenvalue weighted by atomic mass is 10.1. The number of non-ortho nitro benzene ring substituents is 1. The third-order valence-electron chi connectivity index (χ3n) is 4.06. The summed E-state index contributed by atoms with van der Waals surface area (Å²) in [6, 6.07) is 11.0. The molecule has 1 saturated heterocycles. The molecule has 0 unspecified atom stereocenters. The maximum absolute atomic E-state index is 12.7. The second-order valence-electron chi connectivity index (χ2n) is 5.80. The molecule has 1 aliphatic rings. The van der Waals surface area contributed by atoms with Gasteiger partial charge in [-0.1, -0.05) is 12.1 Å². The Kier molecular flexibility index (Phi) is 5.65. The number of imide groups is 1. The smallest absolute Gasteiger partial charge is 0.293 e. The molecule has 0 N–H and O–H groups in total. The quantitative estimate of drug-likeness (QED) is 0.412. The predicted molar refractivity (Wildman–Crippen MR) is 104 cm³/mol. The Bertz CT molecular complexity index is 988. The number of nitrogens with zero attached hydrogens (tertiary/aromatic N) is 2. The number of rotatable bonds is 6. The van der Waals surface area contributed by atoms with Gasteiger partial charge in [-0.2, -0.15) is 0 Å². The largest absolute Gasteiger partial charge is 0.497 e. The van der Waals surface area contributed by atoms with Gasteiger partial charge in [-0.3, -0.25) is 24.6 Å². The minimum absolute atomic E-state index is 0.0427. The molecule has 2 amide bonds. The van der Waals surface area contributed by atoms with Gasteiger partial charge in [0.1, 0.15) is 11.5 Å². The SMILES string of the molecule is COc1ccc(OC)c(/C=C2\SC(=O)N(Cc3cccc([N+](=O)[O-])c3)C2=O)c1. The Morgan fingerprint density at radius 2 is 1.93 bits per heavy atom. The zero-order chi connectivity index (χ0) is 20.3. The fraction of sp³-hybridized carbons (Fsp3) is 0.158. The summed E-state index contributed by atoms with van der Waals surface area (Å²) < 4.78 is 10.5. The molecule has 0 radical (unpaired) electrons. The monoisotopic (exact) mass is 400 g/mol. The second-order valence-corrected chi connectivity index (χ2v) is 6.80. The van der Waals surface area contributed by atoms with Gasteiger partial charge in [-0.15, -0.1) is 0 Å². The van der Waals surface area contributed by atoms with Crippen LogP contribution in [-0.2, 0) is 11.3 Å². The van der Waals surface area contributed by atoms with Crippen LogP contribution in [0.2, 0.25) is 0 Å². The average Bonchev–Trinajstić information content (AvgIpc) is 2.95. The third kappa shape index (κ3) is 3.99. The van der Waals surface area contributed by atoms with Crippen molar-refractivity contribution in [1.82, 2.24) is 4.90 Å².